The number of benzene rings is 1. The molecule has 0 spiro atoms. The number of nitrogens with one attached hydrogen (secondary N) is 2. The number of pyridine rings is 1. The van der Waals surface area contributed by atoms with Gasteiger partial charge in [-0.25, -0.2) is 4.79 Å². The van der Waals surface area contributed by atoms with E-state index >= 15 is 0 Å². The molecular formula is C18H18N4O2. The molecule has 0 aliphatic rings. The first-order valence-corrected chi connectivity index (χ1v) is 7.54. The van der Waals surface area contributed by atoms with Gasteiger partial charge in [0.05, 0.1) is 24.6 Å². The Bertz CT molecular complexity index is 843. The predicted molar refractivity (Wildman–Crippen MR) is 91.7 cm³/mol. The average molecular weight is 322 g/mol. The molecule has 0 unspecified atom stereocenters. The van der Waals surface area contributed by atoms with E-state index in [4.69, 9.17) is 4.74 Å². The zero-order chi connectivity index (χ0) is 16.9. The molecule has 0 aliphatic heterocycles. The maximum absolute atomic E-state index is 11.8. The molecule has 24 heavy (non-hydrogen) atoms. The molecule has 3 rings (SSSR count). The summed E-state index contributed by atoms with van der Waals surface area (Å²) in [4.78, 5) is 15.9. The smallest absolute Gasteiger partial charge is 0.338 e. The van der Waals surface area contributed by atoms with Crippen LogP contribution in [0.3, 0.4) is 0 Å². The number of anilines is 1. The summed E-state index contributed by atoms with van der Waals surface area (Å²) < 4.78 is 4.81. The van der Waals surface area contributed by atoms with Crippen LogP contribution in [0.5, 0.6) is 0 Å². The summed E-state index contributed by atoms with van der Waals surface area (Å²) in [6.07, 6.45) is 5.31. The minimum Gasteiger partial charge on any atom is -0.465 e. The summed E-state index contributed by atoms with van der Waals surface area (Å²) in [6.45, 7) is 2.46. The van der Waals surface area contributed by atoms with E-state index in [1.165, 1.54) is 7.11 Å². The van der Waals surface area contributed by atoms with E-state index in [9.17, 15) is 4.79 Å². The second-order valence-electron chi connectivity index (χ2n) is 5.39. The van der Waals surface area contributed by atoms with E-state index in [-0.39, 0.29) is 5.97 Å². The molecule has 0 saturated heterocycles. The minimum absolute atomic E-state index is 0.337. The lowest BCUT2D eigenvalue weighted by Gasteiger charge is -2.10. The van der Waals surface area contributed by atoms with Gasteiger partial charge < -0.3 is 10.1 Å². The lowest BCUT2D eigenvalue weighted by atomic mass is 10.1. The fraction of sp³-hybridized carbons (Fsp3) is 0.167. The fourth-order valence-corrected chi connectivity index (χ4v) is 2.46. The molecule has 6 heteroatoms. The van der Waals surface area contributed by atoms with Crippen LogP contribution in [0.25, 0.3) is 11.3 Å². The summed E-state index contributed by atoms with van der Waals surface area (Å²) >= 11 is 0. The van der Waals surface area contributed by atoms with Gasteiger partial charge >= 0.3 is 5.97 Å². The molecule has 0 bridgehead atoms. The van der Waals surface area contributed by atoms with Gasteiger partial charge in [0.2, 0.25) is 0 Å². The molecule has 122 valence electrons. The number of carbonyl (C=O) groups is 1. The molecule has 3 aromatic rings. The molecule has 6 nitrogen and oxygen atoms in total. The van der Waals surface area contributed by atoms with Crippen LogP contribution in [-0.4, -0.2) is 28.3 Å². The fourth-order valence-electron chi connectivity index (χ4n) is 2.46. The molecule has 0 radical (unpaired) electrons. The van der Waals surface area contributed by atoms with Crippen LogP contribution < -0.4 is 5.32 Å². The third-order valence-corrected chi connectivity index (χ3v) is 3.79. The first kappa shape index (κ1) is 15.7. The Morgan fingerprint density at radius 1 is 1.29 bits per heavy atom. The monoisotopic (exact) mass is 322 g/mol. The van der Waals surface area contributed by atoms with Gasteiger partial charge in [-0.2, -0.15) is 5.10 Å². The molecule has 1 aromatic carbocycles. The number of aryl methyl sites for hydroxylation is 1. The lowest BCUT2D eigenvalue weighted by Crippen LogP contribution is -2.06. The molecule has 0 aliphatic carbocycles. The SMILES string of the molecule is COC(=O)c1cc(NCc2cn[nH]c2-c2cccnc2)ccc1C. The Balaban J connectivity index is 1.78. The van der Waals surface area contributed by atoms with Gasteiger partial charge in [-0.15, -0.1) is 0 Å². The van der Waals surface area contributed by atoms with Gasteiger partial charge in [0.25, 0.3) is 0 Å². The summed E-state index contributed by atoms with van der Waals surface area (Å²) in [7, 11) is 1.38. The van der Waals surface area contributed by atoms with E-state index in [2.05, 4.69) is 20.5 Å². The first-order valence-electron chi connectivity index (χ1n) is 7.54. The molecule has 0 atom stereocenters. The van der Waals surface area contributed by atoms with Crippen molar-refractivity contribution in [1.29, 1.82) is 0 Å². The summed E-state index contributed by atoms with van der Waals surface area (Å²) in [5.41, 5.74) is 5.21. The van der Waals surface area contributed by atoms with Gasteiger partial charge in [0, 0.05) is 35.8 Å². The van der Waals surface area contributed by atoms with Crippen molar-refractivity contribution >= 4 is 11.7 Å². The number of aromatic amines is 1. The number of esters is 1. The van der Waals surface area contributed by atoms with E-state index in [1.807, 2.05) is 31.2 Å². The van der Waals surface area contributed by atoms with E-state index in [1.54, 1.807) is 24.7 Å². The number of hydrogen-bond acceptors (Lipinski definition) is 5. The van der Waals surface area contributed by atoms with Crippen LogP contribution in [-0.2, 0) is 11.3 Å². The highest BCUT2D eigenvalue weighted by Gasteiger charge is 2.11. The number of carbonyl (C=O) groups excluding carboxylic acids is 1. The standard InChI is InChI=1S/C18H18N4O2/c1-12-5-6-15(8-16(12)18(23)24-2)20-10-14-11-21-22-17(14)13-4-3-7-19-9-13/h3-9,11,20H,10H2,1-2H3,(H,21,22). The van der Waals surface area contributed by atoms with Crippen LogP contribution in [0.15, 0.2) is 48.9 Å². The number of H-pyrrole nitrogens is 1. The summed E-state index contributed by atoms with van der Waals surface area (Å²) in [5.74, 6) is -0.337. The van der Waals surface area contributed by atoms with Crippen molar-refractivity contribution in [3.05, 3.63) is 65.6 Å². The van der Waals surface area contributed by atoms with Crippen molar-refractivity contribution < 1.29 is 9.53 Å². The molecule has 2 aromatic heterocycles. The number of ether oxygens (including phenoxy) is 1. The highest BCUT2D eigenvalue weighted by molar-refractivity contribution is 5.92. The second-order valence-corrected chi connectivity index (χ2v) is 5.39. The number of nitrogens with zero attached hydrogens (tertiary/aromatic N) is 2. The summed E-state index contributed by atoms with van der Waals surface area (Å²) in [6, 6.07) is 9.49. The second kappa shape index (κ2) is 6.95. The Kier molecular flexibility index (Phi) is 4.56. The summed E-state index contributed by atoms with van der Waals surface area (Å²) in [5, 5.41) is 10.4. The van der Waals surface area contributed by atoms with Crippen molar-refractivity contribution in [2.75, 3.05) is 12.4 Å². The van der Waals surface area contributed by atoms with Crippen LogP contribution in [0.1, 0.15) is 21.5 Å². The molecule has 0 saturated carbocycles. The molecule has 0 fully saturated rings. The van der Waals surface area contributed by atoms with Gasteiger partial charge in [0.1, 0.15) is 0 Å². The lowest BCUT2D eigenvalue weighted by molar-refractivity contribution is 0.0600. The number of rotatable bonds is 5. The Hall–Kier alpha value is -3.15. The van der Waals surface area contributed by atoms with Crippen LogP contribution in [0.2, 0.25) is 0 Å². The number of hydrogen-bond donors (Lipinski definition) is 2. The minimum atomic E-state index is -0.337. The average Bonchev–Trinajstić information content (AvgIpc) is 3.09. The third kappa shape index (κ3) is 3.27. The highest BCUT2D eigenvalue weighted by atomic mass is 16.5. The van der Waals surface area contributed by atoms with Crippen molar-refractivity contribution in [2.45, 2.75) is 13.5 Å². The topological polar surface area (TPSA) is 79.9 Å². The normalized spacial score (nSPS) is 10.4. The number of methoxy groups -OCH3 is 1. The van der Waals surface area contributed by atoms with Crippen molar-refractivity contribution in [1.82, 2.24) is 15.2 Å². The number of aromatic nitrogens is 3. The third-order valence-electron chi connectivity index (χ3n) is 3.79. The quantitative estimate of drug-likeness (QED) is 0.705. The molecule has 2 N–H and O–H groups in total. The maximum atomic E-state index is 11.8. The van der Waals surface area contributed by atoms with Gasteiger partial charge in [0.15, 0.2) is 0 Å². The van der Waals surface area contributed by atoms with Gasteiger partial charge in [-0.05, 0) is 36.8 Å². The molecule has 0 amide bonds. The van der Waals surface area contributed by atoms with Crippen molar-refractivity contribution in [3.63, 3.8) is 0 Å². The van der Waals surface area contributed by atoms with Crippen LogP contribution >= 0.6 is 0 Å². The first-order chi connectivity index (χ1) is 11.7. The highest BCUT2D eigenvalue weighted by Crippen LogP contribution is 2.22. The zero-order valence-corrected chi connectivity index (χ0v) is 13.5. The van der Waals surface area contributed by atoms with Gasteiger partial charge in [-0.1, -0.05) is 6.07 Å². The van der Waals surface area contributed by atoms with E-state index in [0.717, 1.165) is 28.1 Å². The molecular weight excluding hydrogens is 304 g/mol. The van der Waals surface area contributed by atoms with Crippen molar-refractivity contribution in [2.24, 2.45) is 0 Å². The zero-order valence-electron chi connectivity index (χ0n) is 13.5. The Morgan fingerprint density at radius 3 is 2.92 bits per heavy atom. The maximum Gasteiger partial charge on any atom is 0.338 e. The predicted octanol–water partition coefficient (Wildman–Crippen LogP) is 3.18. The van der Waals surface area contributed by atoms with E-state index in [0.29, 0.717) is 12.1 Å². The Labute approximate surface area is 139 Å². The van der Waals surface area contributed by atoms with Gasteiger partial charge in [-0.3, -0.25) is 10.1 Å². The Morgan fingerprint density at radius 2 is 2.17 bits per heavy atom. The van der Waals surface area contributed by atoms with Crippen LogP contribution in [0, 0.1) is 6.92 Å². The largest absolute Gasteiger partial charge is 0.465 e. The van der Waals surface area contributed by atoms with E-state index < -0.39 is 0 Å². The van der Waals surface area contributed by atoms with Crippen LogP contribution in [0.4, 0.5) is 5.69 Å². The molecule has 2 heterocycles. The van der Waals surface area contributed by atoms with Crippen molar-refractivity contribution in [3.8, 4) is 11.3 Å².